The third-order valence-electron chi connectivity index (χ3n) is 1.58. The van der Waals surface area contributed by atoms with Gasteiger partial charge in [0, 0.05) is 11.5 Å². The Morgan fingerprint density at radius 2 is 2.00 bits per heavy atom. The standard InChI is InChI=1S/C9H14O2/c1-5-6(2)9(7(3)10)8(4)11/h5-6,10H,1H2,2-4H3/b9-7+/t6-/m0/s1. The molecule has 0 aromatic carbocycles. The monoisotopic (exact) mass is 154 g/mol. The molecule has 0 spiro atoms. The molecule has 0 heterocycles. The molecule has 0 saturated heterocycles. The van der Waals surface area contributed by atoms with Crippen LogP contribution in [-0.2, 0) is 4.79 Å². The maximum absolute atomic E-state index is 10.9. The van der Waals surface area contributed by atoms with Crippen LogP contribution in [0.5, 0.6) is 0 Å². The van der Waals surface area contributed by atoms with Crippen molar-refractivity contribution in [3.63, 3.8) is 0 Å². The third-order valence-corrected chi connectivity index (χ3v) is 1.58. The van der Waals surface area contributed by atoms with E-state index in [2.05, 4.69) is 6.58 Å². The molecule has 0 amide bonds. The molecular weight excluding hydrogens is 140 g/mol. The Balaban J connectivity index is 4.77. The van der Waals surface area contributed by atoms with E-state index in [9.17, 15) is 4.79 Å². The number of hydrogen-bond acceptors (Lipinski definition) is 2. The van der Waals surface area contributed by atoms with Gasteiger partial charge < -0.3 is 5.11 Å². The summed E-state index contributed by atoms with van der Waals surface area (Å²) < 4.78 is 0. The quantitative estimate of drug-likeness (QED) is 0.384. The number of carbonyl (C=O) groups excluding carboxylic acids is 1. The lowest BCUT2D eigenvalue weighted by Crippen LogP contribution is -2.07. The molecule has 2 heteroatoms. The van der Waals surface area contributed by atoms with Crippen molar-refractivity contribution in [3.8, 4) is 0 Å². The minimum atomic E-state index is -0.0996. The fourth-order valence-electron chi connectivity index (χ4n) is 1.02. The highest BCUT2D eigenvalue weighted by Crippen LogP contribution is 2.15. The Morgan fingerprint density at radius 3 is 2.09 bits per heavy atom. The highest BCUT2D eigenvalue weighted by atomic mass is 16.3. The molecular formula is C9H14O2. The number of hydrogen-bond donors (Lipinski definition) is 1. The normalized spacial score (nSPS) is 15.2. The minimum absolute atomic E-state index is 0.0718. The maximum Gasteiger partial charge on any atom is 0.159 e. The summed E-state index contributed by atoms with van der Waals surface area (Å²) in [6.07, 6.45) is 1.64. The summed E-state index contributed by atoms with van der Waals surface area (Å²) in [5, 5.41) is 9.10. The third kappa shape index (κ3) is 2.58. The van der Waals surface area contributed by atoms with Crippen molar-refractivity contribution in [2.75, 3.05) is 0 Å². The van der Waals surface area contributed by atoms with E-state index in [1.165, 1.54) is 13.8 Å². The van der Waals surface area contributed by atoms with Crippen LogP contribution < -0.4 is 0 Å². The highest BCUT2D eigenvalue weighted by molar-refractivity contribution is 5.94. The number of allylic oxidation sites excluding steroid dienone is 3. The van der Waals surface area contributed by atoms with Crippen molar-refractivity contribution in [1.29, 1.82) is 0 Å². The molecule has 0 aromatic heterocycles. The summed E-state index contributed by atoms with van der Waals surface area (Å²) >= 11 is 0. The summed E-state index contributed by atoms with van der Waals surface area (Å²) in [6.45, 7) is 8.32. The lowest BCUT2D eigenvalue weighted by atomic mass is 9.97. The van der Waals surface area contributed by atoms with Gasteiger partial charge in [-0.05, 0) is 13.8 Å². The second-order valence-corrected chi connectivity index (χ2v) is 2.58. The Kier molecular flexibility index (Phi) is 3.58. The minimum Gasteiger partial charge on any atom is -0.512 e. The topological polar surface area (TPSA) is 37.3 Å². The van der Waals surface area contributed by atoms with E-state index in [0.717, 1.165) is 0 Å². The molecule has 2 nitrogen and oxygen atoms in total. The predicted molar refractivity (Wildman–Crippen MR) is 45.4 cm³/mol. The summed E-state index contributed by atoms with van der Waals surface area (Å²) in [4.78, 5) is 10.9. The lowest BCUT2D eigenvalue weighted by Gasteiger charge is -2.08. The summed E-state index contributed by atoms with van der Waals surface area (Å²) in [6, 6.07) is 0. The first-order valence-corrected chi connectivity index (χ1v) is 3.54. The lowest BCUT2D eigenvalue weighted by molar-refractivity contribution is -0.114. The molecule has 0 aliphatic heterocycles. The van der Waals surface area contributed by atoms with Gasteiger partial charge in [0.15, 0.2) is 5.78 Å². The smallest absolute Gasteiger partial charge is 0.159 e. The fourth-order valence-corrected chi connectivity index (χ4v) is 1.02. The number of aliphatic hydroxyl groups is 1. The van der Waals surface area contributed by atoms with Crippen molar-refractivity contribution in [3.05, 3.63) is 24.0 Å². The van der Waals surface area contributed by atoms with Gasteiger partial charge >= 0.3 is 0 Å². The molecule has 1 atom stereocenters. The van der Waals surface area contributed by atoms with Crippen LogP contribution in [-0.4, -0.2) is 10.9 Å². The second-order valence-electron chi connectivity index (χ2n) is 2.58. The zero-order valence-electron chi connectivity index (χ0n) is 7.22. The van der Waals surface area contributed by atoms with Crippen molar-refractivity contribution >= 4 is 5.78 Å². The first kappa shape index (κ1) is 9.95. The Hall–Kier alpha value is -1.05. The molecule has 0 fully saturated rings. The van der Waals surface area contributed by atoms with Gasteiger partial charge in [0.25, 0.3) is 0 Å². The Labute approximate surface area is 67.2 Å². The summed E-state index contributed by atoms with van der Waals surface area (Å²) in [5.41, 5.74) is 0.444. The number of ketones is 1. The van der Waals surface area contributed by atoms with Crippen LogP contribution >= 0.6 is 0 Å². The molecule has 11 heavy (non-hydrogen) atoms. The number of rotatable bonds is 3. The van der Waals surface area contributed by atoms with Gasteiger partial charge in [0.1, 0.15) is 0 Å². The number of carbonyl (C=O) groups is 1. The van der Waals surface area contributed by atoms with E-state index in [-0.39, 0.29) is 17.5 Å². The van der Waals surface area contributed by atoms with Crippen LogP contribution in [0.3, 0.4) is 0 Å². The van der Waals surface area contributed by atoms with Gasteiger partial charge in [0.05, 0.1) is 5.76 Å². The average Bonchev–Trinajstić information content (AvgIpc) is 1.85. The Morgan fingerprint density at radius 1 is 1.55 bits per heavy atom. The number of aliphatic hydroxyl groups excluding tert-OH is 1. The zero-order valence-corrected chi connectivity index (χ0v) is 7.22. The van der Waals surface area contributed by atoms with Crippen LogP contribution in [0.15, 0.2) is 24.0 Å². The van der Waals surface area contributed by atoms with Gasteiger partial charge in [-0.25, -0.2) is 0 Å². The number of Topliss-reactive ketones (excluding diaryl/α,β-unsaturated/α-hetero) is 1. The van der Waals surface area contributed by atoms with Crippen LogP contribution in [0.4, 0.5) is 0 Å². The van der Waals surface area contributed by atoms with E-state index in [1.807, 2.05) is 6.92 Å². The maximum atomic E-state index is 10.9. The average molecular weight is 154 g/mol. The highest BCUT2D eigenvalue weighted by Gasteiger charge is 2.12. The van der Waals surface area contributed by atoms with E-state index in [1.54, 1.807) is 6.08 Å². The molecule has 0 aliphatic rings. The fraction of sp³-hybridized carbons (Fsp3) is 0.444. The molecule has 0 rings (SSSR count). The second kappa shape index (κ2) is 3.96. The first-order chi connectivity index (χ1) is 5.00. The summed E-state index contributed by atoms with van der Waals surface area (Å²) in [5.74, 6) is -0.0835. The van der Waals surface area contributed by atoms with Crippen molar-refractivity contribution in [1.82, 2.24) is 0 Å². The summed E-state index contributed by atoms with van der Waals surface area (Å²) in [7, 11) is 0. The molecule has 0 unspecified atom stereocenters. The largest absolute Gasteiger partial charge is 0.512 e. The van der Waals surface area contributed by atoms with Crippen molar-refractivity contribution in [2.24, 2.45) is 5.92 Å². The van der Waals surface area contributed by atoms with Crippen LogP contribution in [0, 0.1) is 5.92 Å². The SMILES string of the molecule is C=C[C@H](C)/C(C(C)=O)=C(/C)O. The van der Waals surface area contributed by atoms with Gasteiger partial charge in [-0.3, -0.25) is 4.79 Å². The van der Waals surface area contributed by atoms with Crippen molar-refractivity contribution < 1.29 is 9.90 Å². The van der Waals surface area contributed by atoms with E-state index >= 15 is 0 Å². The van der Waals surface area contributed by atoms with Crippen LogP contribution in [0.25, 0.3) is 0 Å². The van der Waals surface area contributed by atoms with Gasteiger partial charge in [0.2, 0.25) is 0 Å². The van der Waals surface area contributed by atoms with Gasteiger partial charge in [-0.2, -0.15) is 0 Å². The molecule has 0 bridgehead atoms. The van der Waals surface area contributed by atoms with Crippen molar-refractivity contribution in [2.45, 2.75) is 20.8 Å². The van der Waals surface area contributed by atoms with E-state index < -0.39 is 0 Å². The van der Waals surface area contributed by atoms with E-state index in [0.29, 0.717) is 5.57 Å². The van der Waals surface area contributed by atoms with Crippen LogP contribution in [0.1, 0.15) is 20.8 Å². The first-order valence-electron chi connectivity index (χ1n) is 3.54. The zero-order chi connectivity index (χ0) is 9.02. The van der Waals surface area contributed by atoms with E-state index in [4.69, 9.17) is 5.11 Å². The Bertz CT molecular complexity index is 198. The molecule has 0 radical (unpaired) electrons. The van der Waals surface area contributed by atoms with Gasteiger partial charge in [-0.15, -0.1) is 6.58 Å². The van der Waals surface area contributed by atoms with Gasteiger partial charge in [-0.1, -0.05) is 13.0 Å². The molecule has 0 saturated carbocycles. The van der Waals surface area contributed by atoms with Crippen LogP contribution in [0.2, 0.25) is 0 Å². The molecule has 1 N–H and O–H groups in total. The predicted octanol–water partition coefficient (Wildman–Crippen LogP) is 2.23. The molecule has 62 valence electrons. The molecule has 0 aliphatic carbocycles. The molecule has 0 aromatic rings.